The Hall–Kier alpha value is -0.990. The number of halogens is 6. The third kappa shape index (κ3) is 4.76. The molecule has 0 saturated heterocycles. The van der Waals surface area contributed by atoms with E-state index >= 15 is 0 Å². The van der Waals surface area contributed by atoms with Crippen LogP contribution in [0.3, 0.4) is 0 Å². The van der Waals surface area contributed by atoms with E-state index in [1.54, 1.807) is 13.8 Å². The Morgan fingerprint density at radius 1 is 1.00 bits per heavy atom. The molecule has 0 fully saturated rings. The van der Waals surface area contributed by atoms with Crippen molar-refractivity contribution in [1.82, 2.24) is 0 Å². The highest BCUT2D eigenvalue weighted by Crippen LogP contribution is 2.46. The molecule has 0 heterocycles. The third-order valence-electron chi connectivity index (χ3n) is 3.21. The first-order valence-corrected chi connectivity index (χ1v) is 6.19. The van der Waals surface area contributed by atoms with Crippen molar-refractivity contribution in [2.45, 2.75) is 58.2 Å². The molecule has 0 spiro atoms. The lowest BCUT2D eigenvalue weighted by atomic mass is 9.94. The fourth-order valence-corrected chi connectivity index (χ4v) is 1.43. The zero-order valence-electron chi connectivity index (χ0n) is 12.0. The molecule has 0 aromatic carbocycles. The Morgan fingerprint density at radius 2 is 1.38 bits per heavy atom. The highest BCUT2D eigenvalue weighted by molar-refractivity contribution is 5.72. The van der Waals surface area contributed by atoms with Crippen molar-refractivity contribution in [3.05, 3.63) is 0 Å². The monoisotopic (exact) mass is 324 g/mol. The maximum absolute atomic E-state index is 12.5. The van der Waals surface area contributed by atoms with E-state index in [1.165, 1.54) is 6.92 Å². The summed E-state index contributed by atoms with van der Waals surface area (Å²) in [5, 5.41) is 8.97. The topological polar surface area (TPSA) is 46.5 Å². The number of rotatable bonds is 5. The van der Waals surface area contributed by atoms with Gasteiger partial charge in [0.2, 0.25) is 0 Å². The molecule has 0 radical (unpaired) electrons. The molecule has 0 aliphatic heterocycles. The minimum absolute atomic E-state index is 0.186. The van der Waals surface area contributed by atoms with Gasteiger partial charge in [-0.2, -0.15) is 26.3 Å². The number of hydrogen-bond donors (Lipinski definition) is 1. The van der Waals surface area contributed by atoms with Crippen LogP contribution in [0.4, 0.5) is 26.3 Å². The van der Waals surface area contributed by atoms with E-state index < -0.39 is 42.4 Å². The van der Waals surface area contributed by atoms with E-state index in [0.29, 0.717) is 0 Å². The van der Waals surface area contributed by atoms with Crippen molar-refractivity contribution in [3.63, 3.8) is 0 Å². The van der Waals surface area contributed by atoms with Crippen LogP contribution in [0.25, 0.3) is 0 Å². The molecular weight excluding hydrogens is 306 g/mol. The lowest BCUT2D eigenvalue weighted by Crippen LogP contribution is -2.58. The van der Waals surface area contributed by atoms with Crippen molar-refractivity contribution < 1.29 is 41.0 Å². The summed E-state index contributed by atoms with van der Waals surface area (Å²) in [5.41, 5.74) is -4.92. The van der Waals surface area contributed by atoms with Crippen LogP contribution < -0.4 is 0 Å². The molecule has 0 aliphatic carbocycles. The lowest BCUT2D eigenvalue weighted by Gasteiger charge is -2.34. The van der Waals surface area contributed by atoms with E-state index in [2.05, 4.69) is 4.74 Å². The SMILES string of the molecule is CC(CC(O)(C(F)(F)F)C(F)(F)F)OC(=O)C(C)C(C)C. The summed E-state index contributed by atoms with van der Waals surface area (Å²) < 4.78 is 79.4. The highest BCUT2D eigenvalue weighted by Gasteiger charge is 2.70. The summed E-state index contributed by atoms with van der Waals surface area (Å²) in [6.45, 7) is 5.61. The van der Waals surface area contributed by atoms with Crippen molar-refractivity contribution in [2.75, 3.05) is 0 Å². The molecule has 0 amide bonds. The smallest absolute Gasteiger partial charge is 0.426 e. The molecule has 0 aromatic heterocycles. The zero-order chi connectivity index (χ0) is 17.2. The van der Waals surface area contributed by atoms with Gasteiger partial charge in [-0.05, 0) is 12.8 Å². The average molecular weight is 324 g/mol. The van der Waals surface area contributed by atoms with Crippen molar-refractivity contribution >= 4 is 5.97 Å². The van der Waals surface area contributed by atoms with Gasteiger partial charge in [-0.25, -0.2) is 0 Å². The predicted molar refractivity (Wildman–Crippen MR) is 61.2 cm³/mol. The van der Waals surface area contributed by atoms with Gasteiger partial charge >= 0.3 is 18.3 Å². The molecule has 0 aromatic rings. The van der Waals surface area contributed by atoms with Gasteiger partial charge in [-0.15, -0.1) is 0 Å². The highest BCUT2D eigenvalue weighted by atomic mass is 19.4. The van der Waals surface area contributed by atoms with Crippen LogP contribution in [-0.4, -0.2) is 35.1 Å². The second-order valence-corrected chi connectivity index (χ2v) is 5.34. The van der Waals surface area contributed by atoms with Crippen molar-refractivity contribution in [3.8, 4) is 0 Å². The van der Waals surface area contributed by atoms with Crippen molar-refractivity contribution in [1.29, 1.82) is 0 Å². The Bertz CT molecular complexity index is 347. The second-order valence-electron chi connectivity index (χ2n) is 5.34. The number of carbonyl (C=O) groups is 1. The van der Waals surface area contributed by atoms with Crippen LogP contribution in [0, 0.1) is 11.8 Å². The average Bonchev–Trinajstić information content (AvgIpc) is 2.24. The molecule has 9 heteroatoms. The second kappa shape index (κ2) is 6.41. The molecule has 0 saturated carbocycles. The van der Waals surface area contributed by atoms with Crippen LogP contribution in [0.5, 0.6) is 0 Å². The molecular formula is C12H18F6O3. The van der Waals surface area contributed by atoms with E-state index in [0.717, 1.165) is 6.92 Å². The maximum atomic E-state index is 12.5. The van der Waals surface area contributed by atoms with Gasteiger partial charge in [0.1, 0.15) is 6.10 Å². The van der Waals surface area contributed by atoms with Gasteiger partial charge in [0, 0.05) is 6.42 Å². The molecule has 2 unspecified atom stereocenters. The molecule has 2 atom stereocenters. The van der Waals surface area contributed by atoms with Gasteiger partial charge in [0.15, 0.2) is 0 Å². The van der Waals surface area contributed by atoms with E-state index in [9.17, 15) is 31.1 Å². The van der Waals surface area contributed by atoms with E-state index in [4.69, 9.17) is 5.11 Å². The fraction of sp³-hybridized carbons (Fsp3) is 0.917. The Balaban J connectivity index is 5.03. The van der Waals surface area contributed by atoms with E-state index in [1.807, 2.05) is 0 Å². The van der Waals surface area contributed by atoms with Crippen LogP contribution in [0.2, 0.25) is 0 Å². The summed E-state index contributed by atoms with van der Waals surface area (Å²) in [4.78, 5) is 11.5. The predicted octanol–water partition coefficient (Wildman–Crippen LogP) is 3.46. The molecule has 3 nitrogen and oxygen atoms in total. The van der Waals surface area contributed by atoms with Gasteiger partial charge < -0.3 is 9.84 Å². The number of esters is 1. The van der Waals surface area contributed by atoms with E-state index in [-0.39, 0.29) is 5.92 Å². The first kappa shape index (κ1) is 20.0. The van der Waals surface area contributed by atoms with Crippen LogP contribution >= 0.6 is 0 Å². The van der Waals surface area contributed by atoms with Gasteiger partial charge in [-0.3, -0.25) is 4.79 Å². The number of carbonyl (C=O) groups excluding carboxylic acids is 1. The minimum atomic E-state index is -5.92. The molecule has 21 heavy (non-hydrogen) atoms. The minimum Gasteiger partial charge on any atom is -0.462 e. The number of aliphatic hydroxyl groups is 1. The first-order valence-electron chi connectivity index (χ1n) is 6.19. The quantitative estimate of drug-likeness (QED) is 0.622. The fourth-order valence-electron chi connectivity index (χ4n) is 1.43. The summed E-state index contributed by atoms with van der Waals surface area (Å²) >= 11 is 0. The number of hydrogen-bond acceptors (Lipinski definition) is 3. The summed E-state index contributed by atoms with van der Waals surface area (Å²) in [7, 11) is 0. The normalized spacial score (nSPS) is 16.8. The van der Waals surface area contributed by atoms with Crippen LogP contribution in [0.1, 0.15) is 34.1 Å². The molecule has 126 valence electrons. The zero-order valence-corrected chi connectivity index (χ0v) is 12.0. The molecule has 0 aliphatic rings. The summed E-state index contributed by atoms with van der Waals surface area (Å²) in [6, 6.07) is 0. The molecule has 1 N–H and O–H groups in total. The largest absolute Gasteiger partial charge is 0.462 e. The summed E-state index contributed by atoms with van der Waals surface area (Å²) in [6.07, 6.45) is -15.4. The first-order chi connectivity index (χ1) is 9.13. The summed E-state index contributed by atoms with van der Waals surface area (Å²) in [5.74, 6) is -1.78. The number of ether oxygens (including phenoxy) is 1. The van der Waals surface area contributed by atoms with Crippen LogP contribution in [0.15, 0.2) is 0 Å². The molecule has 0 bridgehead atoms. The van der Waals surface area contributed by atoms with Crippen molar-refractivity contribution in [2.24, 2.45) is 11.8 Å². The third-order valence-corrected chi connectivity index (χ3v) is 3.21. The maximum Gasteiger partial charge on any atom is 0.426 e. The Labute approximate surface area is 118 Å². The van der Waals surface area contributed by atoms with Gasteiger partial charge in [0.05, 0.1) is 5.92 Å². The Kier molecular flexibility index (Phi) is 6.11. The van der Waals surface area contributed by atoms with Crippen LogP contribution in [-0.2, 0) is 9.53 Å². The van der Waals surface area contributed by atoms with Gasteiger partial charge in [-0.1, -0.05) is 20.8 Å². The number of alkyl halides is 6. The Morgan fingerprint density at radius 3 is 1.67 bits per heavy atom. The lowest BCUT2D eigenvalue weighted by molar-refractivity contribution is -0.373. The molecule has 0 rings (SSSR count). The van der Waals surface area contributed by atoms with Gasteiger partial charge in [0.25, 0.3) is 5.60 Å². The standard InChI is InChI=1S/C12H18F6O3/c1-6(2)8(4)9(19)21-7(3)5-10(20,11(13,14)15)12(16,17)18/h6-8,20H,5H2,1-4H3.